The van der Waals surface area contributed by atoms with Gasteiger partial charge in [-0.15, -0.1) is 0 Å². The number of anilines is 2. The number of aryl methyl sites for hydroxylation is 2. The van der Waals surface area contributed by atoms with Gasteiger partial charge in [-0.1, -0.05) is 23.7 Å². The fraction of sp³-hybridized carbons (Fsp3) is 0.143. The summed E-state index contributed by atoms with van der Waals surface area (Å²) in [6.45, 7) is 3.94. The molecule has 0 unspecified atom stereocenters. The number of hydrogen-bond donors (Lipinski definition) is 2. The lowest BCUT2D eigenvalue weighted by Crippen LogP contribution is -2.19. The van der Waals surface area contributed by atoms with Gasteiger partial charge >= 0.3 is 0 Å². The third kappa shape index (κ3) is 3.91. The highest BCUT2D eigenvalue weighted by molar-refractivity contribution is 7.80. The van der Waals surface area contributed by atoms with Gasteiger partial charge in [0, 0.05) is 16.9 Å². The summed E-state index contributed by atoms with van der Waals surface area (Å²) in [6, 6.07) is 9.56. The molecule has 2 aromatic rings. The predicted molar refractivity (Wildman–Crippen MR) is 85.0 cm³/mol. The second-order valence-corrected chi connectivity index (χ2v) is 5.08. The highest BCUT2D eigenvalue weighted by Crippen LogP contribution is 2.20. The Bertz CT molecular complexity index is 596. The van der Waals surface area contributed by atoms with E-state index in [1.807, 2.05) is 44.2 Å². The first-order chi connectivity index (χ1) is 9.04. The van der Waals surface area contributed by atoms with E-state index in [1.165, 1.54) is 0 Å². The molecule has 0 spiro atoms. The molecule has 1 aromatic carbocycles. The average Bonchev–Trinajstić information content (AvgIpc) is 2.37. The van der Waals surface area contributed by atoms with Crippen LogP contribution in [0, 0.1) is 13.8 Å². The summed E-state index contributed by atoms with van der Waals surface area (Å²) in [6.07, 6.45) is 1.79. The average molecular weight is 292 g/mol. The molecule has 2 N–H and O–H groups in total. The van der Waals surface area contributed by atoms with Gasteiger partial charge in [-0.25, -0.2) is 4.98 Å². The molecule has 2 rings (SSSR count). The molecule has 5 heteroatoms. The first-order valence-corrected chi connectivity index (χ1v) is 6.60. The number of aromatic nitrogens is 1. The van der Waals surface area contributed by atoms with Crippen molar-refractivity contribution in [3.63, 3.8) is 0 Å². The van der Waals surface area contributed by atoms with E-state index in [1.54, 1.807) is 6.20 Å². The van der Waals surface area contributed by atoms with Crippen LogP contribution in [0.1, 0.15) is 11.1 Å². The molecule has 0 fully saturated rings. The Labute approximate surface area is 123 Å². The summed E-state index contributed by atoms with van der Waals surface area (Å²) in [5, 5.41) is 7.28. The zero-order valence-electron chi connectivity index (χ0n) is 10.7. The monoisotopic (exact) mass is 291 g/mol. The molecule has 0 atom stereocenters. The molecular formula is C14H14ClN3S. The second kappa shape index (κ2) is 5.99. The summed E-state index contributed by atoms with van der Waals surface area (Å²) in [7, 11) is 0. The molecule has 0 aliphatic heterocycles. The summed E-state index contributed by atoms with van der Waals surface area (Å²) < 4.78 is 0. The normalized spacial score (nSPS) is 10.1. The van der Waals surface area contributed by atoms with Gasteiger partial charge in [0.2, 0.25) is 0 Å². The Kier molecular flexibility index (Phi) is 4.35. The molecule has 0 aliphatic rings. The molecule has 19 heavy (non-hydrogen) atoms. The summed E-state index contributed by atoms with van der Waals surface area (Å²) in [5.74, 6) is 0.710. The van der Waals surface area contributed by atoms with Crippen LogP contribution >= 0.6 is 23.8 Å². The summed E-state index contributed by atoms with van der Waals surface area (Å²) in [5.41, 5.74) is 2.99. The molecule has 0 saturated heterocycles. The van der Waals surface area contributed by atoms with Gasteiger partial charge in [0.05, 0.1) is 0 Å². The fourth-order valence-electron chi connectivity index (χ4n) is 1.49. The van der Waals surface area contributed by atoms with Gasteiger partial charge in [-0.05, 0) is 55.4 Å². The molecule has 1 aromatic heterocycles. The van der Waals surface area contributed by atoms with E-state index in [2.05, 4.69) is 15.6 Å². The summed E-state index contributed by atoms with van der Waals surface area (Å²) >= 11 is 11.3. The molecule has 98 valence electrons. The molecule has 0 saturated carbocycles. The lowest BCUT2D eigenvalue weighted by Gasteiger charge is -2.10. The number of rotatable bonds is 2. The lowest BCUT2D eigenvalue weighted by molar-refractivity contribution is 1.27. The van der Waals surface area contributed by atoms with Crippen LogP contribution in [0.3, 0.4) is 0 Å². The van der Waals surface area contributed by atoms with Crippen LogP contribution in [0.15, 0.2) is 36.5 Å². The topological polar surface area (TPSA) is 37.0 Å². The van der Waals surface area contributed by atoms with Gasteiger partial charge in [0.25, 0.3) is 0 Å². The second-order valence-electron chi connectivity index (χ2n) is 4.26. The molecule has 0 bridgehead atoms. The maximum absolute atomic E-state index is 6.06. The highest BCUT2D eigenvalue weighted by Gasteiger charge is 2.01. The van der Waals surface area contributed by atoms with Crippen LogP contribution in [0.4, 0.5) is 11.5 Å². The molecule has 1 heterocycles. The Balaban J connectivity index is 2.01. The highest BCUT2D eigenvalue weighted by atomic mass is 35.5. The standard InChI is InChI=1S/C14H14ClN3S/c1-9-3-6-13(16-8-9)18-14(19)17-11-5-4-10(2)12(15)7-11/h3-8H,1-2H3,(H2,16,17,18,19). The number of nitrogens with zero attached hydrogens (tertiary/aromatic N) is 1. The van der Waals surface area contributed by atoms with Gasteiger partial charge in [0.15, 0.2) is 5.11 Å². The maximum atomic E-state index is 6.06. The van der Waals surface area contributed by atoms with E-state index in [0.29, 0.717) is 16.0 Å². The van der Waals surface area contributed by atoms with E-state index < -0.39 is 0 Å². The Hall–Kier alpha value is -1.65. The van der Waals surface area contributed by atoms with E-state index in [9.17, 15) is 0 Å². The smallest absolute Gasteiger partial charge is 0.176 e. The first-order valence-electron chi connectivity index (χ1n) is 5.81. The molecule has 0 aliphatic carbocycles. The SMILES string of the molecule is Cc1ccc(NC(=S)Nc2ccc(C)c(Cl)c2)nc1. The van der Waals surface area contributed by atoms with E-state index in [4.69, 9.17) is 23.8 Å². The number of thiocarbonyl (C=S) groups is 1. The lowest BCUT2D eigenvalue weighted by atomic mass is 10.2. The van der Waals surface area contributed by atoms with E-state index >= 15 is 0 Å². The van der Waals surface area contributed by atoms with Crippen molar-refractivity contribution in [3.8, 4) is 0 Å². The van der Waals surface area contributed by atoms with Crippen LogP contribution in [0.2, 0.25) is 5.02 Å². The fourth-order valence-corrected chi connectivity index (χ4v) is 1.89. The third-order valence-electron chi connectivity index (χ3n) is 2.58. The molecule has 0 amide bonds. The van der Waals surface area contributed by atoms with Gasteiger partial charge in [-0.2, -0.15) is 0 Å². The number of pyridine rings is 1. The molecule has 0 radical (unpaired) electrons. The molecular weight excluding hydrogens is 278 g/mol. The zero-order valence-corrected chi connectivity index (χ0v) is 12.3. The van der Waals surface area contributed by atoms with Crippen LogP contribution in [0.25, 0.3) is 0 Å². The van der Waals surface area contributed by atoms with Crippen molar-refractivity contribution in [3.05, 3.63) is 52.7 Å². The van der Waals surface area contributed by atoms with Crippen LogP contribution in [-0.4, -0.2) is 10.1 Å². The van der Waals surface area contributed by atoms with Crippen LogP contribution < -0.4 is 10.6 Å². The Morgan fingerprint density at radius 3 is 2.58 bits per heavy atom. The van der Waals surface area contributed by atoms with Crippen LogP contribution in [-0.2, 0) is 0 Å². The van der Waals surface area contributed by atoms with Crippen molar-refractivity contribution in [1.82, 2.24) is 4.98 Å². The maximum Gasteiger partial charge on any atom is 0.176 e. The van der Waals surface area contributed by atoms with Gasteiger partial charge in [0.1, 0.15) is 5.82 Å². The van der Waals surface area contributed by atoms with Gasteiger partial charge in [-0.3, -0.25) is 0 Å². The number of benzene rings is 1. The summed E-state index contributed by atoms with van der Waals surface area (Å²) in [4.78, 5) is 4.23. The van der Waals surface area contributed by atoms with Crippen molar-refractivity contribution in [2.75, 3.05) is 10.6 Å². The Morgan fingerprint density at radius 1 is 1.16 bits per heavy atom. The van der Waals surface area contributed by atoms with E-state index in [-0.39, 0.29) is 0 Å². The first kappa shape index (κ1) is 13.8. The minimum absolute atomic E-state index is 0.483. The number of halogens is 1. The number of hydrogen-bond acceptors (Lipinski definition) is 2. The van der Waals surface area contributed by atoms with Crippen molar-refractivity contribution >= 4 is 40.4 Å². The number of nitrogens with one attached hydrogen (secondary N) is 2. The zero-order chi connectivity index (χ0) is 13.8. The Morgan fingerprint density at radius 2 is 1.95 bits per heavy atom. The van der Waals surface area contributed by atoms with Crippen molar-refractivity contribution < 1.29 is 0 Å². The predicted octanol–water partition coefficient (Wildman–Crippen LogP) is 4.16. The minimum Gasteiger partial charge on any atom is -0.332 e. The third-order valence-corrected chi connectivity index (χ3v) is 3.19. The minimum atomic E-state index is 0.483. The van der Waals surface area contributed by atoms with Crippen molar-refractivity contribution in [2.24, 2.45) is 0 Å². The van der Waals surface area contributed by atoms with Gasteiger partial charge < -0.3 is 10.6 Å². The van der Waals surface area contributed by atoms with Crippen molar-refractivity contribution in [1.29, 1.82) is 0 Å². The largest absolute Gasteiger partial charge is 0.332 e. The van der Waals surface area contributed by atoms with Crippen molar-refractivity contribution in [2.45, 2.75) is 13.8 Å². The van der Waals surface area contributed by atoms with E-state index in [0.717, 1.165) is 16.8 Å². The van der Waals surface area contributed by atoms with Crippen LogP contribution in [0.5, 0.6) is 0 Å². The quantitative estimate of drug-likeness (QED) is 0.815. The molecule has 3 nitrogen and oxygen atoms in total.